The third-order valence-corrected chi connectivity index (χ3v) is 2.57. The molecule has 94 valence electrons. The molecule has 7 nitrogen and oxygen atoms in total. The van der Waals surface area contributed by atoms with Gasteiger partial charge in [-0.1, -0.05) is 18.2 Å². The molecule has 0 aliphatic rings. The van der Waals surface area contributed by atoms with E-state index >= 15 is 0 Å². The van der Waals surface area contributed by atoms with Crippen LogP contribution in [0.25, 0.3) is 10.9 Å². The van der Waals surface area contributed by atoms with Gasteiger partial charge in [0.1, 0.15) is 6.20 Å². The van der Waals surface area contributed by atoms with Gasteiger partial charge >= 0.3 is 0 Å². The first-order chi connectivity index (χ1) is 9.33. The zero-order chi connectivity index (χ0) is 13.1. The summed E-state index contributed by atoms with van der Waals surface area (Å²) in [6, 6.07) is 7.90. The lowest BCUT2D eigenvalue weighted by molar-refractivity contribution is 0.939. The molecule has 3 rings (SSSR count). The van der Waals surface area contributed by atoms with E-state index in [1.165, 1.54) is 0 Å². The van der Waals surface area contributed by atoms with Gasteiger partial charge in [0.25, 0.3) is 5.56 Å². The molecule has 19 heavy (non-hydrogen) atoms. The molecular weight excluding hydrogens is 244 g/mol. The molecule has 0 radical (unpaired) electrons. The average molecular weight is 254 g/mol. The molecule has 0 bridgehead atoms. The lowest BCUT2D eigenvalue weighted by atomic mass is 10.2. The number of anilines is 1. The molecule has 0 aliphatic carbocycles. The van der Waals surface area contributed by atoms with Gasteiger partial charge in [-0.15, -0.1) is 10.2 Å². The number of rotatable bonds is 3. The summed E-state index contributed by atoms with van der Waals surface area (Å²) in [7, 11) is 0. The number of nitrogens with one attached hydrogen (secondary N) is 3. The van der Waals surface area contributed by atoms with E-state index in [0.717, 1.165) is 22.7 Å². The minimum absolute atomic E-state index is 0.198. The van der Waals surface area contributed by atoms with Crippen molar-refractivity contribution < 1.29 is 0 Å². The summed E-state index contributed by atoms with van der Waals surface area (Å²) in [4.78, 5) is 16.6. The van der Waals surface area contributed by atoms with Crippen molar-refractivity contribution in [1.29, 1.82) is 0 Å². The molecule has 0 fully saturated rings. The van der Waals surface area contributed by atoms with Crippen LogP contribution in [0.3, 0.4) is 0 Å². The van der Waals surface area contributed by atoms with Crippen LogP contribution in [-0.2, 0) is 0 Å². The van der Waals surface area contributed by atoms with Gasteiger partial charge in [-0.25, -0.2) is 5.43 Å². The SMILES string of the molecule is O=c1cnnc(N/N=C\c2c[nH]c3ccccc23)[nH]1. The van der Waals surface area contributed by atoms with Crippen LogP contribution in [0.1, 0.15) is 5.56 Å². The van der Waals surface area contributed by atoms with Crippen LogP contribution in [0.5, 0.6) is 0 Å². The standard InChI is InChI=1S/C12H10N6O/c19-11-7-15-18-12(16-11)17-14-6-8-5-13-10-4-2-1-3-9(8)10/h1-7,13H,(H2,16,17,18,19)/b14-6-. The van der Waals surface area contributed by atoms with Gasteiger partial charge in [-0.2, -0.15) is 5.10 Å². The Morgan fingerprint density at radius 2 is 2.21 bits per heavy atom. The fraction of sp³-hybridized carbons (Fsp3) is 0. The number of hydrogen-bond donors (Lipinski definition) is 3. The first kappa shape index (κ1) is 11.1. The number of benzene rings is 1. The maximum absolute atomic E-state index is 11.0. The second kappa shape index (κ2) is 4.73. The normalized spacial score (nSPS) is 11.2. The fourth-order valence-electron chi connectivity index (χ4n) is 1.73. The summed E-state index contributed by atoms with van der Waals surface area (Å²) < 4.78 is 0. The molecule has 0 atom stereocenters. The number of aromatic nitrogens is 4. The molecule has 1 aromatic carbocycles. The lowest BCUT2D eigenvalue weighted by Crippen LogP contribution is -2.10. The molecule has 0 spiro atoms. The van der Waals surface area contributed by atoms with Crippen LogP contribution in [0.4, 0.5) is 5.95 Å². The van der Waals surface area contributed by atoms with E-state index in [9.17, 15) is 4.79 Å². The third-order valence-electron chi connectivity index (χ3n) is 2.57. The van der Waals surface area contributed by atoms with Crippen molar-refractivity contribution in [2.45, 2.75) is 0 Å². The Balaban J connectivity index is 1.81. The number of H-pyrrole nitrogens is 2. The molecule has 2 heterocycles. The van der Waals surface area contributed by atoms with Crippen LogP contribution in [0, 0.1) is 0 Å². The summed E-state index contributed by atoms with van der Waals surface area (Å²) in [5.41, 5.74) is 4.26. The molecule has 0 unspecified atom stereocenters. The Bertz CT molecular complexity index is 788. The number of fused-ring (bicyclic) bond motifs is 1. The van der Waals surface area contributed by atoms with Gasteiger partial charge in [-0.3, -0.25) is 9.78 Å². The first-order valence-electron chi connectivity index (χ1n) is 5.60. The lowest BCUT2D eigenvalue weighted by Gasteiger charge is -1.95. The molecular formula is C12H10N6O. The maximum Gasteiger partial charge on any atom is 0.271 e. The van der Waals surface area contributed by atoms with Crippen molar-refractivity contribution >= 4 is 23.1 Å². The average Bonchev–Trinajstić information content (AvgIpc) is 2.83. The Kier molecular flexibility index (Phi) is 2.77. The summed E-state index contributed by atoms with van der Waals surface area (Å²) in [6.07, 6.45) is 4.59. The molecule has 0 saturated heterocycles. The van der Waals surface area contributed by atoms with Crippen molar-refractivity contribution in [2.75, 3.05) is 5.43 Å². The number of hydrogen-bond acceptors (Lipinski definition) is 5. The van der Waals surface area contributed by atoms with Gasteiger partial charge in [0.05, 0.1) is 6.21 Å². The molecule has 0 amide bonds. The van der Waals surface area contributed by atoms with Gasteiger partial charge < -0.3 is 4.98 Å². The molecule has 7 heteroatoms. The van der Waals surface area contributed by atoms with Gasteiger partial charge in [0.2, 0.25) is 5.95 Å². The Morgan fingerprint density at radius 3 is 3.11 bits per heavy atom. The number of aromatic amines is 2. The summed E-state index contributed by atoms with van der Waals surface area (Å²) in [5.74, 6) is 0.198. The van der Waals surface area contributed by atoms with Crippen LogP contribution in [0.2, 0.25) is 0 Å². The smallest absolute Gasteiger partial charge is 0.271 e. The van der Waals surface area contributed by atoms with E-state index in [1.807, 2.05) is 30.5 Å². The molecule has 3 aromatic rings. The fourth-order valence-corrected chi connectivity index (χ4v) is 1.73. The van der Waals surface area contributed by atoms with E-state index < -0.39 is 0 Å². The molecule has 3 N–H and O–H groups in total. The third kappa shape index (κ3) is 2.34. The van der Waals surface area contributed by atoms with Gasteiger partial charge in [-0.05, 0) is 6.07 Å². The van der Waals surface area contributed by atoms with E-state index in [0.29, 0.717) is 0 Å². The number of para-hydroxylation sites is 1. The maximum atomic E-state index is 11.0. The Morgan fingerprint density at radius 1 is 1.32 bits per heavy atom. The van der Waals surface area contributed by atoms with E-state index in [1.54, 1.807) is 6.21 Å². The minimum atomic E-state index is -0.334. The Hall–Kier alpha value is -2.96. The highest BCUT2D eigenvalue weighted by Crippen LogP contribution is 2.15. The Labute approximate surface area is 107 Å². The van der Waals surface area contributed by atoms with E-state index in [-0.39, 0.29) is 11.5 Å². The summed E-state index contributed by atoms with van der Waals surface area (Å²) in [6.45, 7) is 0. The highest BCUT2D eigenvalue weighted by Gasteiger charge is 1.99. The van der Waals surface area contributed by atoms with Gasteiger partial charge in [0.15, 0.2) is 0 Å². The van der Waals surface area contributed by atoms with Crippen LogP contribution < -0.4 is 11.0 Å². The molecule has 2 aromatic heterocycles. The quantitative estimate of drug-likeness (QED) is 0.481. The molecule has 0 aliphatic heterocycles. The zero-order valence-electron chi connectivity index (χ0n) is 9.79. The van der Waals surface area contributed by atoms with E-state index in [4.69, 9.17) is 0 Å². The second-order valence-electron chi connectivity index (χ2n) is 3.84. The van der Waals surface area contributed by atoms with Crippen molar-refractivity contribution in [1.82, 2.24) is 20.2 Å². The monoisotopic (exact) mass is 254 g/mol. The topological polar surface area (TPSA) is 98.8 Å². The van der Waals surface area contributed by atoms with Crippen LogP contribution in [0.15, 0.2) is 46.6 Å². The number of hydrazone groups is 1. The van der Waals surface area contributed by atoms with Crippen molar-refractivity contribution in [3.63, 3.8) is 0 Å². The van der Waals surface area contributed by atoms with Crippen LogP contribution in [-0.4, -0.2) is 26.4 Å². The van der Waals surface area contributed by atoms with Gasteiger partial charge in [0, 0.05) is 22.7 Å². The van der Waals surface area contributed by atoms with Crippen molar-refractivity contribution in [3.8, 4) is 0 Å². The second-order valence-corrected chi connectivity index (χ2v) is 3.84. The minimum Gasteiger partial charge on any atom is -0.361 e. The zero-order valence-corrected chi connectivity index (χ0v) is 9.79. The predicted octanol–water partition coefficient (Wildman–Crippen LogP) is 1.09. The number of nitrogens with zero attached hydrogens (tertiary/aromatic N) is 3. The highest BCUT2D eigenvalue weighted by atomic mass is 16.1. The van der Waals surface area contributed by atoms with Crippen LogP contribution >= 0.6 is 0 Å². The predicted molar refractivity (Wildman–Crippen MR) is 72.2 cm³/mol. The summed E-state index contributed by atoms with van der Waals surface area (Å²) >= 11 is 0. The van der Waals surface area contributed by atoms with E-state index in [2.05, 4.69) is 30.7 Å². The van der Waals surface area contributed by atoms with Crippen molar-refractivity contribution in [2.24, 2.45) is 5.10 Å². The largest absolute Gasteiger partial charge is 0.361 e. The first-order valence-corrected chi connectivity index (χ1v) is 5.60. The summed E-state index contributed by atoms with van der Waals surface area (Å²) in [5, 5.41) is 12.3. The molecule has 0 saturated carbocycles. The van der Waals surface area contributed by atoms with Crippen molar-refractivity contribution in [3.05, 3.63) is 52.6 Å². The highest BCUT2D eigenvalue weighted by molar-refractivity contribution is 5.99.